The van der Waals surface area contributed by atoms with Crippen LogP contribution >= 0.6 is 7.82 Å². The minimum Gasteiger partial charge on any atom is -0.756 e. The highest BCUT2D eigenvalue weighted by Crippen LogP contribution is 2.38. The van der Waals surface area contributed by atoms with Gasteiger partial charge in [-0.25, -0.2) is 0 Å². The van der Waals surface area contributed by atoms with Crippen LogP contribution in [0.5, 0.6) is 0 Å². The van der Waals surface area contributed by atoms with Gasteiger partial charge in [0.25, 0.3) is 7.82 Å². The van der Waals surface area contributed by atoms with Gasteiger partial charge in [0.1, 0.15) is 19.8 Å². The molecule has 0 aromatic carbocycles. The van der Waals surface area contributed by atoms with E-state index in [0.29, 0.717) is 17.4 Å². The second-order valence-corrected chi connectivity index (χ2v) is 26.2. The minimum atomic E-state index is -4.66. The molecule has 92 heavy (non-hydrogen) atoms. The number of carbonyl (C=O) groups excluding carboxylic acids is 2. The molecule has 0 aromatic rings. The lowest BCUT2D eigenvalue weighted by molar-refractivity contribution is -0.870. The molecule has 0 saturated carbocycles. The van der Waals surface area contributed by atoms with Crippen LogP contribution in [0.1, 0.15) is 271 Å². The lowest BCUT2D eigenvalue weighted by Crippen LogP contribution is -2.37. The molecular weight excluding hydrogens is 1160 g/mol. The number of unbranched alkanes of at least 4 members (excludes halogenated alkanes) is 21. The van der Waals surface area contributed by atoms with Crippen molar-refractivity contribution in [2.45, 2.75) is 277 Å². The predicted octanol–water partition coefficient (Wildman–Crippen LogP) is 23.6. The number of rotatable bonds is 65. The van der Waals surface area contributed by atoms with Gasteiger partial charge in [-0.1, -0.05) is 305 Å². The Balaban J connectivity index is 4.12. The number of esters is 2. The summed E-state index contributed by atoms with van der Waals surface area (Å²) in [7, 11) is 1.14. The largest absolute Gasteiger partial charge is 0.756 e. The lowest BCUT2D eigenvalue weighted by atomic mass is 10.0. The lowest BCUT2D eigenvalue weighted by Gasteiger charge is -2.28. The molecule has 0 N–H and O–H groups in total. The molecule has 0 bridgehead atoms. The van der Waals surface area contributed by atoms with Crippen molar-refractivity contribution in [3.63, 3.8) is 0 Å². The fourth-order valence-corrected chi connectivity index (χ4v) is 10.1. The van der Waals surface area contributed by atoms with E-state index in [2.05, 4.69) is 196 Å². The highest BCUT2D eigenvalue weighted by atomic mass is 31.2. The van der Waals surface area contributed by atoms with Crippen LogP contribution in [0.25, 0.3) is 0 Å². The standard InChI is InChI=1S/C82H134NO8P/c1-6-8-10-12-14-16-18-20-22-24-26-28-30-32-34-36-38-40-41-43-44-46-48-50-52-54-56-58-60-62-64-66-68-70-72-74-81(84)88-78-80(79-90-92(86,87)89-77-76-83(3,4)5)91-82(85)75-73-71-69-67-65-63-61-59-57-55-53-51-49-47-45-42-39-37-35-33-31-29-27-25-23-21-19-17-15-13-11-9-7-2/h8-11,14-17,20-23,26-29,32-35,38-40,42-44,47,49,53,55,80H,6-7,12-13,18-19,24-25,30-31,36-37,41,45-46,48,50-52,54,56-79H2,1-5H3/b10-8-,11-9-,16-14-,17-15-,22-20-,23-21-,28-26-,29-27-,34-32-,35-33-,40-38-,42-39-,44-43-,49-47-,55-53-. The van der Waals surface area contributed by atoms with E-state index < -0.39 is 32.5 Å². The Morgan fingerprint density at radius 2 is 0.587 bits per heavy atom. The average molecular weight is 1290 g/mol. The first-order valence-corrected chi connectivity index (χ1v) is 38.0. The Morgan fingerprint density at radius 1 is 0.337 bits per heavy atom. The Hall–Kier alpha value is -4.89. The van der Waals surface area contributed by atoms with Crippen LogP contribution in [-0.2, 0) is 32.7 Å². The molecule has 0 aliphatic rings. The SMILES string of the molecule is CC/C=C\C/C=C\C/C=C\C/C=C\C/C=C\C/C=C\C/C=C\C/C=C\CCCCCCCCCCC(=O)OC(COC(=O)CCCCCCCCCCCCCCC/C=C\C/C=C\C/C=C\C/C=C\C/C=C\C/C=C\C/C=C\CC)COP(=O)([O-])OCC[N+](C)(C)C. The summed E-state index contributed by atoms with van der Waals surface area (Å²) in [6, 6.07) is 0. The number of nitrogens with zero attached hydrogens (tertiary/aromatic N) is 1. The second kappa shape index (κ2) is 70.4. The molecule has 0 radical (unpaired) electrons. The molecule has 0 spiro atoms. The van der Waals surface area contributed by atoms with Gasteiger partial charge in [0, 0.05) is 12.8 Å². The van der Waals surface area contributed by atoms with Crippen LogP contribution in [0.2, 0.25) is 0 Å². The van der Waals surface area contributed by atoms with Crippen molar-refractivity contribution in [1.29, 1.82) is 0 Å². The molecule has 0 rings (SSSR count). The molecular formula is C82H134NO8P. The summed E-state index contributed by atoms with van der Waals surface area (Å²) in [5, 5.41) is 0. The maximum absolute atomic E-state index is 12.9. The first-order valence-electron chi connectivity index (χ1n) is 36.5. The van der Waals surface area contributed by atoms with Crippen molar-refractivity contribution in [3.05, 3.63) is 182 Å². The van der Waals surface area contributed by atoms with Gasteiger partial charge in [0.05, 0.1) is 27.7 Å². The quantitative estimate of drug-likeness (QED) is 0.0195. The van der Waals surface area contributed by atoms with E-state index in [1.807, 2.05) is 21.1 Å². The summed E-state index contributed by atoms with van der Waals surface area (Å²) in [5.74, 6) is -0.852. The number of likely N-dealkylation sites (N-methyl/N-ethyl adjacent to an activating group) is 1. The third-order valence-corrected chi connectivity index (χ3v) is 15.9. The van der Waals surface area contributed by atoms with Crippen LogP contribution in [0.4, 0.5) is 0 Å². The molecule has 0 amide bonds. The summed E-state index contributed by atoms with van der Waals surface area (Å²) in [4.78, 5) is 38.1. The van der Waals surface area contributed by atoms with Gasteiger partial charge in [0.15, 0.2) is 6.10 Å². The van der Waals surface area contributed by atoms with E-state index in [4.69, 9.17) is 18.5 Å². The third kappa shape index (κ3) is 74.2. The van der Waals surface area contributed by atoms with Gasteiger partial charge in [-0.3, -0.25) is 14.2 Å². The molecule has 9 nitrogen and oxygen atoms in total. The Labute approximate surface area is 565 Å². The average Bonchev–Trinajstić information content (AvgIpc) is 2.23. The number of phosphoric ester groups is 1. The van der Waals surface area contributed by atoms with Crippen molar-refractivity contribution >= 4 is 19.8 Å². The Bertz CT molecular complexity index is 2210. The van der Waals surface area contributed by atoms with Gasteiger partial charge < -0.3 is 27.9 Å². The van der Waals surface area contributed by atoms with E-state index in [1.54, 1.807) is 0 Å². The van der Waals surface area contributed by atoms with E-state index in [1.165, 1.54) is 89.9 Å². The molecule has 0 aromatic heterocycles. The Kier molecular flexibility index (Phi) is 66.7. The van der Waals surface area contributed by atoms with E-state index in [9.17, 15) is 19.0 Å². The first kappa shape index (κ1) is 87.1. The molecule has 10 heteroatoms. The molecule has 2 atom stereocenters. The number of allylic oxidation sites excluding steroid dienone is 30. The smallest absolute Gasteiger partial charge is 0.306 e. The van der Waals surface area contributed by atoms with Gasteiger partial charge in [-0.2, -0.15) is 0 Å². The fourth-order valence-electron chi connectivity index (χ4n) is 9.42. The van der Waals surface area contributed by atoms with Gasteiger partial charge >= 0.3 is 11.9 Å². The maximum Gasteiger partial charge on any atom is 0.306 e. The van der Waals surface area contributed by atoms with Gasteiger partial charge in [-0.05, 0) is 135 Å². The topological polar surface area (TPSA) is 111 Å². The maximum atomic E-state index is 12.9. The molecule has 0 fully saturated rings. The molecule has 520 valence electrons. The number of quaternary nitrogens is 1. The summed E-state index contributed by atoms with van der Waals surface area (Å²) >= 11 is 0. The minimum absolute atomic E-state index is 0.0416. The van der Waals surface area contributed by atoms with Crippen LogP contribution in [0.3, 0.4) is 0 Å². The number of carbonyl (C=O) groups is 2. The summed E-state index contributed by atoms with van der Waals surface area (Å²) in [5.41, 5.74) is 0. The summed E-state index contributed by atoms with van der Waals surface area (Å²) in [6.45, 7) is 3.99. The van der Waals surface area contributed by atoms with Crippen LogP contribution < -0.4 is 4.89 Å². The summed E-state index contributed by atoms with van der Waals surface area (Å²) < 4.78 is 34.3. The van der Waals surface area contributed by atoms with Crippen molar-refractivity contribution in [3.8, 4) is 0 Å². The molecule has 0 heterocycles. The van der Waals surface area contributed by atoms with E-state index in [-0.39, 0.29) is 26.1 Å². The highest BCUT2D eigenvalue weighted by Gasteiger charge is 2.22. The highest BCUT2D eigenvalue weighted by molar-refractivity contribution is 7.45. The predicted molar refractivity (Wildman–Crippen MR) is 396 cm³/mol. The van der Waals surface area contributed by atoms with Gasteiger partial charge in [-0.15, -0.1) is 0 Å². The molecule has 0 aliphatic carbocycles. The normalized spacial score (nSPS) is 14.2. The zero-order chi connectivity index (χ0) is 66.9. The van der Waals surface area contributed by atoms with Crippen molar-refractivity contribution in [1.82, 2.24) is 0 Å². The third-order valence-electron chi connectivity index (χ3n) is 14.9. The van der Waals surface area contributed by atoms with Crippen molar-refractivity contribution < 1.29 is 42.1 Å². The summed E-state index contributed by atoms with van der Waals surface area (Å²) in [6.07, 6.45) is 108. The van der Waals surface area contributed by atoms with E-state index >= 15 is 0 Å². The second-order valence-electron chi connectivity index (χ2n) is 24.8. The fraction of sp³-hybridized carbons (Fsp3) is 0.610. The van der Waals surface area contributed by atoms with Crippen LogP contribution in [0, 0.1) is 0 Å². The number of hydrogen-bond donors (Lipinski definition) is 0. The zero-order valence-electron chi connectivity index (χ0n) is 59.2. The van der Waals surface area contributed by atoms with Crippen molar-refractivity contribution in [2.24, 2.45) is 0 Å². The van der Waals surface area contributed by atoms with Crippen LogP contribution in [-0.4, -0.2) is 70.0 Å². The first-order chi connectivity index (χ1) is 45.0. The van der Waals surface area contributed by atoms with Gasteiger partial charge in [0.2, 0.25) is 0 Å². The van der Waals surface area contributed by atoms with Crippen molar-refractivity contribution in [2.75, 3.05) is 47.5 Å². The zero-order valence-corrected chi connectivity index (χ0v) is 60.1. The number of hydrogen-bond acceptors (Lipinski definition) is 8. The molecule has 0 aliphatic heterocycles. The molecule has 0 saturated heterocycles. The van der Waals surface area contributed by atoms with E-state index in [0.717, 1.165) is 148 Å². The monoisotopic (exact) mass is 1290 g/mol. The number of phosphoric acid groups is 1. The molecule has 2 unspecified atom stereocenters. The Morgan fingerprint density at radius 3 is 0.870 bits per heavy atom. The van der Waals surface area contributed by atoms with Crippen LogP contribution in [0.15, 0.2) is 182 Å². The number of ether oxygens (including phenoxy) is 2.